The highest BCUT2D eigenvalue weighted by Crippen LogP contribution is 2.28. The Kier molecular flexibility index (Phi) is 3.31. The molecule has 0 saturated carbocycles. The van der Waals surface area contributed by atoms with Crippen LogP contribution in [0.3, 0.4) is 0 Å². The molecule has 1 aromatic carbocycles. The van der Waals surface area contributed by atoms with E-state index in [1.54, 1.807) is 12.1 Å². The lowest BCUT2D eigenvalue weighted by Crippen LogP contribution is -2.51. The maximum atomic E-state index is 11.6. The Labute approximate surface area is 112 Å². The van der Waals surface area contributed by atoms with Gasteiger partial charge in [0, 0.05) is 0 Å². The summed E-state index contributed by atoms with van der Waals surface area (Å²) in [5.74, 6) is -1.34. The van der Waals surface area contributed by atoms with Crippen molar-refractivity contribution in [3.05, 3.63) is 34.4 Å². The van der Waals surface area contributed by atoms with Gasteiger partial charge in [0.25, 0.3) is 11.8 Å². The molecule has 0 aliphatic carbocycles. The predicted molar refractivity (Wildman–Crippen MR) is 70.0 cm³/mol. The molecule has 1 fully saturated rings. The lowest BCUT2D eigenvalue weighted by molar-refractivity contribution is -0.123. The third kappa shape index (κ3) is 2.34. The number of thiocarbonyl (C=S) groups is 1. The first kappa shape index (κ1) is 12.5. The van der Waals surface area contributed by atoms with Crippen LogP contribution in [0, 0.1) is 0 Å². The molecule has 7 heteroatoms. The molecule has 1 saturated heterocycles. The number of nitrogens with one attached hydrogen (secondary N) is 2. The smallest absolute Gasteiger partial charge is 0.263 e. The van der Waals surface area contributed by atoms with E-state index in [4.69, 9.17) is 11.6 Å². The van der Waals surface area contributed by atoms with Crippen molar-refractivity contribution in [2.45, 2.75) is 0 Å². The first-order chi connectivity index (χ1) is 8.49. The van der Waals surface area contributed by atoms with Gasteiger partial charge in [-0.3, -0.25) is 20.2 Å². The maximum absolute atomic E-state index is 11.6. The summed E-state index contributed by atoms with van der Waals surface area (Å²) in [5, 5.41) is 14.1. The van der Waals surface area contributed by atoms with Crippen LogP contribution in [0.1, 0.15) is 5.56 Å². The molecule has 0 unspecified atom stereocenters. The molecule has 0 bridgehead atoms. The lowest BCUT2D eigenvalue weighted by Gasteiger charge is -2.16. The Morgan fingerprint density at radius 2 is 1.83 bits per heavy atom. The zero-order valence-electron chi connectivity index (χ0n) is 8.86. The number of aromatic hydroxyl groups is 1. The largest absolute Gasteiger partial charge is 0.506 e. The van der Waals surface area contributed by atoms with E-state index in [9.17, 15) is 14.7 Å². The zero-order valence-corrected chi connectivity index (χ0v) is 10.4. The highest BCUT2D eigenvalue weighted by Gasteiger charge is 2.25. The molecule has 0 radical (unpaired) electrons. The number of carbonyl (C=O) groups excluding carboxylic acids is 2. The number of phenolic OH excluding ortho intramolecular Hbond substituents is 1. The van der Waals surface area contributed by atoms with Gasteiger partial charge in [-0.05, 0) is 29.9 Å². The van der Waals surface area contributed by atoms with Crippen molar-refractivity contribution in [1.29, 1.82) is 0 Å². The summed E-state index contributed by atoms with van der Waals surface area (Å²) in [7, 11) is 0. The Balaban J connectivity index is 2.44. The summed E-state index contributed by atoms with van der Waals surface area (Å²) >= 11 is 10.5. The minimum atomic E-state index is -0.608. The van der Waals surface area contributed by atoms with Gasteiger partial charge in [-0.15, -0.1) is 0 Å². The molecule has 0 spiro atoms. The molecule has 3 N–H and O–H groups in total. The van der Waals surface area contributed by atoms with Gasteiger partial charge in [0.15, 0.2) is 5.11 Å². The minimum Gasteiger partial charge on any atom is -0.506 e. The summed E-state index contributed by atoms with van der Waals surface area (Å²) in [6, 6.07) is 4.53. The van der Waals surface area contributed by atoms with E-state index < -0.39 is 11.8 Å². The summed E-state index contributed by atoms with van der Waals surface area (Å²) in [5.41, 5.74) is 0.237. The SMILES string of the molecule is O=C1NC(=S)NC(=O)C1=Cc1cccc(O)c1Cl. The van der Waals surface area contributed by atoms with Crippen LogP contribution in [0.2, 0.25) is 5.02 Å². The highest BCUT2D eigenvalue weighted by molar-refractivity contribution is 7.80. The Hall–Kier alpha value is -1.92. The van der Waals surface area contributed by atoms with E-state index in [0.717, 1.165) is 0 Å². The van der Waals surface area contributed by atoms with Crippen LogP contribution in [-0.4, -0.2) is 22.0 Å². The van der Waals surface area contributed by atoms with Gasteiger partial charge >= 0.3 is 0 Å². The second-order valence-electron chi connectivity index (χ2n) is 3.48. The van der Waals surface area contributed by atoms with Crippen LogP contribution >= 0.6 is 23.8 Å². The molecule has 0 atom stereocenters. The van der Waals surface area contributed by atoms with E-state index in [0.29, 0.717) is 5.56 Å². The van der Waals surface area contributed by atoms with Crippen LogP contribution in [0.4, 0.5) is 0 Å². The van der Waals surface area contributed by atoms with Crippen LogP contribution < -0.4 is 10.6 Å². The van der Waals surface area contributed by atoms with E-state index >= 15 is 0 Å². The van der Waals surface area contributed by atoms with E-state index in [2.05, 4.69) is 22.9 Å². The van der Waals surface area contributed by atoms with Crippen LogP contribution in [0.5, 0.6) is 5.75 Å². The highest BCUT2D eigenvalue weighted by atomic mass is 35.5. The lowest BCUT2D eigenvalue weighted by atomic mass is 10.1. The molecule has 5 nitrogen and oxygen atoms in total. The fourth-order valence-electron chi connectivity index (χ4n) is 1.41. The molecule has 0 aromatic heterocycles. The van der Waals surface area contributed by atoms with Gasteiger partial charge in [-0.2, -0.15) is 0 Å². The number of phenols is 1. The zero-order chi connectivity index (χ0) is 13.3. The summed E-state index contributed by atoms with van der Waals surface area (Å²) in [6.07, 6.45) is 1.29. The van der Waals surface area contributed by atoms with Gasteiger partial charge in [0.1, 0.15) is 11.3 Å². The van der Waals surface area contributed by atoms with Gasteiger partial charge in [-0.1, -0.05) is 23.7 Å². The second-order valence-corrected chi connectivity index (χ2v) is 4.26. The molecule has 1 aliphatic heterocycles. The minimum absolute atomic E-state index is 0.0378. The van der Waals surface area contributed by atoms with Gasteiger partial charge < -0.3 is 5.11 Å². The first-order valence-corrected chi connectivity index (χ1v) is 5.63. The van der Waals surface area contributed by atoms with Gasteiger partial charge in [0.2, 0.25) is 0 Å². The summed E-state index contributed by atoms with van der Waals surface area (Å²) < 4.78 is 0. The first-order valence-electron chi connectivity index (χ1n) is 4.85. The van der Waals surface area contributed by atoms with Crippen LogP contribution in [-0.2, 0) is 9.59 Å². The number of carbonyl (C=O) groups is 2. The quantitative estimate of drug-likeness (QED) is 0.407. The van der Waals surface area contributed by atoms with Crippen molar-refractivity contribution in [2.75, 3.05) is 0 Å². The Morgan fingerprint density at radius 3 is 2.44 bits per heavy atom. The molecule has 18 heavy (non-hydrogen) atoms. The molecular formula is C11H7ClN2O3S. The van der Waals surface area contributed by atoms with Crippen molar-refractivity contribution in [3.8, 4) is 5.75 Å². The van der Waals surface area contributed by atoms with E-state index in [1.165, 1.54) is 12.1 Å². The third-order valence-electron chi connectivity index (χ3n) is 2.25. The number of halogens is 1. The average molecular weight is 283 g/mol. The number of hydrogen-bond acceptors (Lipinski definition) is 4. The van der Waals surface area contributed by atoms with Crippen molar-refractivity contribution >= 4 is 46.8 Å². The molecule has 1 aliphatic rings. The number of hydrogen-bond donors (Lipinski definition) is 3. The van der Waals surface area contributed by atoms with Gasteiger partial charge in [-0.25, -0.2) is 0 Å². The predicted octanol–water partition coefficient (Wildman–Crippen LogP) is 0.960. The molecule has 1 heterocycles. The van der Waals surface area contributed by atoms with Crippen molar-refractivity contribution in [3.63, 3.8) is 0 Å². The number of rotatable bonds is 1. The maximum Gasteiger partial charge on any atom is 0.263 e. The number of amides is 2. The third-order valence-corrected chi connectivity index (χ3v) is 2.87. The topological polar surface area (TPSA) is 78.4 Å². The molecular weight excluding hydrogens is 276 g/mol. The van der Waals surface area contributed by atoms with Crippen molar-refractivity contribution in [1.82, 2.24) is 10.6 Å². The fraction of sp³-hybridized carbons (Fsp3) is 0. The van der Waals surface area contributed by atoms with Crippen LogP contribution in [0.15, 0.2) is 23.8 Å². The molecule has 1 aromatic rings. The van der Waals surface area contributed by atoms with E-state index in [1.807, 2.05) is 0 Å². The standard InChI is InChI=1S/C11H7ClN2O3S/c12-8-5(2-1-3-7(8)15)4-6-9(16)13-11(18)14-10(6)17/h1-4,15H,(H2,13,14,16,17,18). The molecule has 2 rings (SSSR count). The normalized spacial score (nSPS) is 15.2. The monoisotopic (exact) mass is 282 g/mol. The van der Waals surface area contributed by atoms with Crippen molar-refractivity contribution < 1.29 is 14.7 Å². The van der Waals surface area contributed by atoms with E-state index in [-0.39, 0.29) is 21.5 Å². The average Bonchev–Trinajstić information content (AvgIpc) is 2.28. The summed E-state index contributed by atoms with van der Waals surface area (Å²) in [4.78, 5) is 23.2. The summed E-state index contributed by atoms with van der Waals surface area (Å²) in [6.45, 7) is 0. The molecule has 2 amide bonds. The molecule has 92 valence electrons. The van der Waals surface area contributed by atoms with Gasteiger partial charge in [0.05, 0.1) is 5.02 Å². The Bertz CT molecular complexity index is 576. The second kappa shape index (κ2) is 4.75. The number of benzene rings is 1. The van der Waals surface area contributed by atoms with Crippen LogP contribution in [0.25, 0.3) is 6.08 Å². The fourth-order valence-corrected chi connectivity index (χ4v) is 1.78. The van der Waals surface area contributed by atoms with Crippen molar-refractivity contribution in [2.24, 2.45) is 0 Å². The Morgan fingerprint density at radius 1 is 1.22 bits per heavy atom.